The quantitative estimate of drug-likeness (QED) is 0.489. The minimum atomic E-state index is -3.52. The highest BCUT2D eigenvalue weighted by Crippen LogP contribution is 2.31. The lowest BCUT2D eigenvalue weighted by Gasteiger charge is -2.38. The zero-order valence-corrected chi connectivity index (χ0v) is 18.6. The normalized spacial score (nSPS) is 15.5. The molecule has 32 heavy (non-hydrogen) atoms. The number of halogens is 3. The fourth-order valence-corrected chi connectivity index (χ4v) is 5.14. The predicted molar refractivity (Wildman–Crippen MR) is 113 cm³/mol. The van der Waals surface area contributed by atoms with Gasteiger partial charge in [-0.2, -0.15) is 13.8 Å². The molecule has 0 radical (unpaired) electrons. The van der Waals surface area contributed by atoms with Crippen molar-refractivity contribution in [3.05, 3.63) is 41.4 Å². The topological polar surface area (TPSA) is 106 Å². The molecule has 13 heteroatoms. The Morgan fingerprint density at radius 3 is 2.66 bits per heavy atom. The molecule has 0 amide bonds. The third kappa shape index (κ3) is 4.56. The number of alkyl halides is 2. The average Bonchev–Trinajstić information content (AvgIpc) is 3.44. The van der Waals surface area contributed by atoms with Crippen LogP contribution in [0.25, 0.3) is 11.6 Å². The summed E-state index contributed by atoms with van der Waals surface area (Å²) >= 11 is 6.09. The van der Waals surface area contributed by atoms with Crippen LogP contribution in [-0.4, -0.2) is 48.5 Å². The lowest BCUT2D eigenvalue weighted by atomic mass is 10.0. The molecule has 1 saturated heterocycles. The summed E-state index contributed by atoms with van der Waals surface area (Å²) in [4.78, 5) is 6.10. The summed E-state index contributed by atoms with van der Waals surface area (Å²) in [5, 5.41) is 7.29. The van der Waals surface area contributed by atoms with Gasteiger partial charge in [0.1, 0.15) is 6.26 Å². The highest BCUT2D eigenvalue weighted by molar-refractivity contribution is 7.92. The maximum atomic E-state index is 12.8. The molecular formula is C19H20ClF2N5O4S. The van der Waals surface area contributed by atoms with Crippen LogP contribution >= 0.6 is 11.6 Å². The van der Waals surface area contributed by atoms with Crippen molar-refractivity contribution in [3.63, 3.8) is 0 Å². The number of nitrogens with zero attached hydrogens (tertiary/aromatic N) is 5. The molecule has 3 heterocycles. The molecule has 0 unspecified atom stereocenters. The van der Waals surface area contributed by atoms with E-state index in [9.17, 15) is 17.2 Å². The van der Waals surface area contributed by atoms with Gasteiger partial charge in [0, 0.05) is 24.2 Å². The summed E-state index contributed by atoms with van der Waals surface area (Å²) in [6.07, 6.45) is -0.563. The third-order valence-electron chi connectivity index (χ3n) is 5.13. The Bertz CT molecular complexity index is 1180. The molecule has 1 aliphatic rings. The van der Waals surface area contributed by atoms with Crippen molar-refractivity contribution in [2.24, 2.45) is 0 Å². The van der Waals surface area contributed by atoms with Crippen molar-refractivity contribution in [2.75, 3.05) is 28.0 Å². The van der Waals surface area contributed by atoms with Gasteiger partial charge in [0.05, 0.1) is 11.4 Å². The highest BCUT2D eigenvalue weighted by Gasteiger charge is 2.33. The van der Waals surface area contributed by atoms with Crippen LogP contribution in [0.3, 0.4) is 0 Å². The molecule has 0 N–H and O–H groups in total. The number of anilines is 2. The van der Waals surface area contributed by atoms with Gasteiger partial charge in [-0.15, -0.1) is 10.2 Å². The number of hydrogen-bond donors (Lipinski definition) is 0. The fourth-order valence-electron chi connectivity index (χ4n) is 3.58. The molecule has 0 saturated carbocycles. The molecule has 0 bridgehead atoms. The molecule has 172 valence electrons. The van der Waals surface area contributed by atoms with Crippen molar-refractivity contribution in [2.45, 2.75) is 32.2 Å². The first kappa shape index (κ1) is 22.5. The molecule has 1 fully saturated rings. The number of rotatable bonds is 7. The number of aromatic nitrogens is 3. The van der Waals surface area contributed by atoms with Crippen molar-refractivity contribution in [1.29, 1.82) is 0 Å². The first-order valence-electron chi connectivity index (χ1n) is 9.88. The minimum absolute atomic E-state index is 0.0341. The zero-order valence-electron chi connectivity index (χ0n) is 17.0. The molecule has 1 aromatic carbocycles. The van der Waals surface area contributed by atoms with Crippen LogP contribution in [0.5, 0.6) is 0 Å². The smallest absolute Gasteiger partial charge is 0.314 e. The van der Waals surface area contributed by atoms with Gasteiger partial charge in [0.2, 0.25) is 10.0 Å². The van der Waals surface area contributed by atoms with E-state index in [1.807, 2.05) is 4.90 Å². The lowest BCUT2D eigenvalue weighted by molar-refractivity contribution is 0.116. The molecule has 9 nitrogen and oxygen atoms in total. The van der Waals surface area contributed by atoms with Crippen LogP contribution in [0.15, 0.2) is 39.4 Å². The molecule has 0 atom stereocenters. The van der Waals surface area contributed by atoms with Gasteiger partial charge in [-0.25, -0.2) is 8.42 Å². The van der Waals surface area contributed by atoms with Gasteiger partial charge in [0.15, 0.2) is 5.69 Å². The molecule has 4 rings (SSSR count). The third-order valence-corrected chi connectivity index (χ3v) is 7.21. The van der Waals surface area contributed by atoms with E-state index in [2.05, 4.69) is 15.2 Å². The van der Waals surface area contributed by atoms with Crippen molar-refractivity contribution in [1.82, 2.24) is 15.2 Å². The first-order valence-corrected chi connectivity index (χ1v) is 11.9. The van der Waals surface area contributed by atoms with E-state index < -0.39 is 22.3 Å². The molecule has 0 aliphatic carbocycles. The van der Waals surface area contributed by atoms with Gasteiger partial charge >= 0.3 is 6.43 Å². The first-order chi connectivity index (χ1) is 15.3. The Kier molecular flexibility index (Phi) is 6.33. The minimum Gasteiger partial charge on any atom is -0.431 e. The van der Waals surface area contributed by atoms with Crippen LogP contribution in [0.1, 0.15) is 32.1 Å². The predicted octanol–water partition coefficient (Wildman–Crippen LogP) is 4.14. The Balaban J connectivity index is 1.49. The van der Waals surface area contributed by atoms with E-state index in [0.717, 1.165) is 0 Å². The number of benzene rings is 1. The fraction of sp³-hybridized carbons (Fsp3) is 0.421. The molecule has 3 aromatic rings. The summed E-state index contributed by atoms with van der Waals surface area (Å²) < 4.78 is 62.8. The second-order valence-electron chi connectivity index (χ2n) is 7.16. The van der Waals surface area contributed by atoms with E-state index in [-0.39, 0.29) is 29.4 Å². The van der Waals surface area contributed by atoms with Gasteiger partial charge in [-0.3, -0.25) is 4.31 Å². The number of oxazole rings is 1. The van der Waals surface area contributed by atoms with Crippen LogP contribution in [0, 0.1) is 0 Å². The average molecular weight is 488 g/mol. The molecular weight excluding hydrogens is 468 g/mol. The van der Waals surface area contributed by atoms with Crippen LogP contribution in [0.2, 0.25) is 5.02 Å². The Morgan fingerprint density at radius 2 is 2.03 bits per heavy atom. The Morgan fingerprint density at radius 1 is 1.28 bits per heavy atom. The monoisotopic (exact) mass is 487 g/mol. The Hall–Kier alpha value is -2.73. The van der Waals surface area contributed by atoms with Crippen molar-refractivity contribution < 1.29 is 26.0 Å². The van der Waals surface area contributed by atoms with Crippen molar-refractivity contribution >= 4 is 33.3 Å². The van der Waals surface area contributed by atoms with Crippen LogP contribution < -0.4 is 9.21 Å². The Labute approximate surface area is 188 Å². The largest absolute Gasteiger partial charge is 0.431 e. The van der Waals surface area contributed by atoms with E-state index in [4.69, 9.17) is 20.4 Å². The summed E-state index contributed by atoms with van der Waals surface area (Å²) in [5.74, 6) is -0.983. The number of piperidine rings is 1. The second kappa shape index (κ2) is 9.02. The number of sulfonamides is 1. The SMILES string of the molecule is CCS(=O)(=O)N(c1cccc(Cl)c1)C1CCN(c2nc(-c3nnc(C(F)F)o3)co2)CC1. The molecule has 2 aromatic heterocycles. The van der Waals surface area contributed by atoms with Crippen LogP contribution in [-0.2, 0) is 10.0 Å². The second-order valence-corrected chi connectivity index (χ2v) is 9.73. The van der Waals surface area contributed by atoms with Gasteiger partial charge < -0.3 is 13.7 Å². The van der Waals surface area contributed by atoms with Gasteiger partial charge in [-0.05, 0) is 38.0 Å². The molecule has 1 aliphatic heterocycles. The molecule has 0 spiro atoms. The van der Waals surface area contributed by atoms with E-state index in [1.165, 1.54) is 10.6 Å². The highest BCUT2D eigenvalue weighted by atomic mass is 35.5. The van der Waals surface area contributed by atoms with E-state index in [0.29, 0.717) is 36.6 Å². The lowest BCUT2D eigenvalue weighted by Crippen LogP contribution is -2.48. The summed E-state index contributed by atoms with van der Waals surface area (Å²) in [5.41, 5.74) is 0.679. The van der Waals surface area contributed by atoms with E-state index in [1.54, 1.807) is 31.2 Å². The van der Waals surface area contributed by atoms with E-state index >= 15 is 0 Å². The summed E-state index contributed by atoms with van der Waals surface area (Å²) in [6.45, 7) is 2.56. The maximum Gasteiger partial charge on any atom is 0.314 e. The van der Waals surface area contributed by atoms with Gasteiger partial charge in [0.25, 0.3) is 17.8 Å². The van der Waals surface area contributed by atoms with Gasteiger partial charge in [-0.1, -0.05) is 17.7 Å². The van der Waals surface area contributed by atoms with Crippen LogP contribution in [0.4, 0.5) is 20.5 Å². The summed E-state index contributed by atoms with van der Waals surface area (Å²) in [7, 11) is -3.52. The zero-order chi connectivity index (χ0) is 22.9. The number of hydrogen-bond acceptors (Lipinski definition) is 8. The maximum absolute atomic E-state index is 12.8. The standard InChI is InChI=1S/C19H20ClF2N5O4S/c1-2-32(28,29)27(14-5-3-4-12(20)10-14)13-6-8-26(9-7-13)19-23-15(11-30-19)17-24-25-18(31-17)16(21)22/h3-5,10-11,13,16H,2,6-9H2,1H3. The summed E-state index contributed by atoms with van der Waals surface area (Å²) in [6, 6.07) is 6.79. The van der Waals surface area contributed by atoms with Crippen molar-refractivity contribution in [3.8, 4) is 11.6 Å².